The summed E-state index contributed by atoms with van der Waals surface area (Å²) in [6.45, 7) is 1.91. The summed E-state index contributed by atoms with van der Waals surface area (Å²) in [6, 6.07) is 13.9. The van der Waals surface area contributed by atoms with Gasteiger partial charge in [-0.15, -0.1) is 0 Å². The van der Waals surface area contributed by atoms with E-state index in [9.17, 15) is 9.90 Å². The lowest BCUT2D eigenvalue weighted by Crippen LogP contribution is -2.31. The van der Waals surface area contributed by atoms with Crippen LogP contribution in [0.4, 0.5) is 10.5 Å². The van der Waals surface area contributed by atoms with E-state index in [4.69, 9.17) is 4.74 Å². The lowest BCUT2D eigenvalue weighted by Gasteiger charge is -2.15. The predicted molar refractivity (Wildman–Crippen MR) is 81.7 cm³/mol. The molecule has 0 aliphatic carbocycles. The van der Waals surface area contributed by atoms with E-state index in [1.54, 1.807) is 12.1 Å². The molecule has 0 spiro atoms. The zero-order valence-electron chi connectivity index (χ0n) is 12.0. The molecule has 0 saturated carbocycles. The van der Waals surface area contributed by atoms with Crippen LogP contribution in [0.3, 0.4) is 0 Å². The van der Waals surface area contributed by atoms with E-state index >= 15 is 0 Å². The highest BCUT2D eigenvalue weighted by Gasteiger charge is 2.10. The summed E-state index contributed by atoms with van der Waals surface area (Å²) >= 11 is 0. The molecule has 5 heteroatoms. The molecule has 0 heterocycles. The van der Waals surface area contributed by atoms with E-state index in [-0.39, 0.29) is 17.8 Å². The first-order valence-electron chi connectivity index (χ1n) is 6.59. The maximum Gasteiger partial charge on any atom is 0.319 e. The second kappa shape index (κ2) is 6.65. The summed E-state index contributed by atoms with van der Waals surface area (Å²) in [4.78, 5) is 12.0. The molecule has 21 heavy (non-hydrogen) atoms. The summed E-state index contributed by atoms with van der Waals surface area (Å²) in [5.41, 5.74) is 1.57. The fraction of sp³-hybridized carbons (Fsp3) is 0.188. The van der Waals surface area contributed by atoms with Crippen molar-refractivity contribution in [3.63, 3.8) is 0 Å². The summed E-state index contributed by atoms with van der Waals surface area (Å²) in [7, 11) is 1.45. The fourth-order valence-electron chi connectivity index (χ4n) is 1.94. The zero-order valence-corrected chi connectivity index (χ0v) is 12.0. The Bertz CT molecular complexity index is 614. The molecule has 2 aromatic carbocycles. The second-order valence-corrected chi connectivity index (χ2v) is 4.62. The summed E-state index contributed by atoms with van der Waals surface area (Å²) < 4.78 is 5.00. The van der Waals surface area contributed by atoms with E-state index in [0.717, 1.165) is 5.56 Å². The molecule has 0 bridgehead atoms. The molecule has 0 aromatic heterocycles. The molecular formula is C16H18N2O3. The maximum absolute atomic E-state index is 12.0. The van der Waals surface area contributed by atoms with Crippen molar-refractivity contribution in [1.82, 2.24) is 5.32 Å². The molecular weight excluding hydrogens is 268 g/mol. The Kier molecular flexibility index (Phi) is 4.66. The minimum absolute atomic E-state index is 0.0288. The van der Waals surface area contributed by atoms with E-state index in [0.29, 0.717) is 11.4 Å². The van der Waals surface area contributed by atoms with E-state index in [1.807, 2.05) is 37.3 Å². The van der Waals surface area contributed by atoms with Gasteiger partial charge in [-0.05, 0) is 24.6 Å². The van der Waals surface area contributed by atoms with E-state index in [1.165, 1.54) is 13.2 Å². The van der Waals surface area contributed by atoms with Gasteiger partial charge in [0.1, 0.15) is 0 Å². The molecule has 0 saturated heterocycles. The van der Waals surface area contributed by atoms with Crippen LogP contribution in [0.2, 0.25) is 0 Å². The molecule has 5 nitrogen and oxygen atoms in total. The van der Waals surface area contributed by atoms with E-state index < -0.39 is 0 Å². The molecule has 2 aromatic rings. The number of hydrogen-bond donors (Lipinski definition) is 3. The summed E-state index contributed by atoms with van der Waals surface area (Å²) in [5.74, 6) is 0.338. The number of benzene rings is 2. The first-order valence-corrected chi connectivity index (χ1v) is 6.59. The summed E-state index contributed by atoms with van der Waals surface area (Å²) in [6.07, 6.45) is 0. The van der Waals surface area contributed by atoms with Crippen LogP contribution in [-0.4, -0.2) is 18.2 Å². The Labute approximate surface area is 123 Å². The van der Waals surface area contributed by atoms with Crippen LogP contribution in [0.5, 0.6) is 11.5 Å². The molecule has 1 atom stereocenters. The number of aromatic hydroxyl groups is 1. The maximum atomic E-state index is 12.0. The highest BCUT2D eigenvalue weighted by Crippen LogP contribution is 2.28. The zero-order chi connectivity index (χ0) is 15.2. The molecule has 0 unspecified atom stereocenters. The first kappa shape index (κ1) is 14.7. The van der Waals surface area contributed by atoms with Crippen LogP contribution < -0.4 is 15.4 Å². The van der Waals surface area contributed by atoms with Crippen molar-refractivity contribution < 1.29 is 14.6 Å². The minimum Gasteiger partial charge on any atom is -0.504 e. The van der Waals surface area contributed by atoms with Crippen molar-refractivity contribution in [2.45, 2.75) is 13.0 Å². The molecule has 3 N–H and O–H groups in total. The van der Waals surface area contributed by atoms with Gasteiger partial charge in [0.15, 0.2) is 11.5 Å². The van der Waals surface area contributed by atoms with Gasteiger partial charge in [0.2, 0.25) is 0 Å². The number of hydrogen-bond acceptors (Lipinski definition) is 3. The Morgan fingerprint density at radius 2 is 1.90 bits per heavy atom. The van der Waals surface area contributed by atoms with Crippen molar-refractivity contribution in [2.75, 3.05) is 12.4 Å². The number of methoxy groups -OCH3 is 1. The quantitative estimate of drug-likeness (QED) is 0.755. The SMILES string of the molecule is COc1cc(NC(=O)N[C@@H](C)c2ccccc2)ccc1O. The van der Waals surface area contributed by atoms with Crippen LogP contribution in [-0.2, 0) is 0 Å². The predicted octanol–water partition coefficient (Wildman–Crippen LogP) is 3.28. The third-order valence-electron chi connectivity index (χ3n) is 3.08. The number of carbonyl (C=O) groups excluding carboxylic acids is 1. The number of rotatable bonds is 4. The van der Waals surface area contributed by atoms with Crippen LogP contribution >= 0.6 is 0 Å². The smallest absolute Gasteiger partial charge is 0.319 e. The molecule has 0 radical (unpaired) electrons. The van der Waals surface area contributed by atoms with Gasteiger partial charge < -0.3 is 20.5 Å². The van der Waals surface area contributed by atoms with Gasteiger partial charge in [-0.1, -0.05) is 30.3 Å². The minimum atomic E-state index is -0.320. The van der Waals surface area contributed by atoms with Crippen molar-refractivity contribution in [3.05, 3.63) is 54.1 Å². The van der Waals surface area contributed by atoms with E-state index in [2.05, 4.69) is 10.6 Å². The lowest BCUT2D eigenvalue weighted by molar-refractivity contribution is 0.249. The molecule has 0 fully saturated rings. The van der Waals surface area contributed by atoms with Crippen LogP contribution in [0, 0.1) is 0 Å². The molecule has 0 aliphatic heterocycles. The standard InChI is InChI=1S/C16H18N2O3/c1-11(12-6-4-3-5-7-12)17-16(20)18-13-8-9-14(19)15(10-13)21-2/h3-11,19H,1-2H3,(H2,17,18,20)/t11-/m0/s1. The molecule has 2 amide bonds. The Morgan fingerprint density at radius 3 is 2.57 bits per heavy atom. The van der Waals surface area contributed by atoms with Gasteiger partial charge in [-0.3, -0.25) is 0 Å². The average Bonchev–Trinajstić information content (AvgIpc) is 2.50. The van der Waals surface area contributed by atoms with Gasteiger partial charge in [-0.2, -0.15) is 0 Å². The second-order valence-electron chi connectivity index (χ2n) is 4.62. The van der Waals surface area contributed by atoms with Crippen molar-refractivity contribution in [2.24, 2.45) is 0 Å². The number of phenolic OH excluding ortho intramolecular Hbond substituents is 1. The van der Waals surface area contributed by atoms with Gasteiger partial charge in [0.25, 0.3) is 0 Å². The van der Waals surface area contributed by atoms with Crippen LogP contribution in [0.1, 0.15) is 18.5 Å². The number of phenols is 1. The fourth-order valence-corrected chi connectivity index (χ4v) is 1.94. The third kappa shape index (κ3) is 3.89. The number of ether oxygens (including phenoxy) is 1. The molecule has 0 aliphatic rings. The van der Waals surface area contributed by atoms with Gasteiger partial charge in [-0.25, -0.2) is 4.79 Å². The third-order valence-corrected chi connectivity index (χ3v) is 3.08. The number of urea groups is 1. The van der Waals surface area contributed by atoms with Crippen molar-refractivity contribution in [3.8, 4) is 11.5 Å². The largest absolute Gasteiger partial charge is 0.504 e. The number of nitrogens with one attached hydrogen (secondary N) is 2. The Balaban J connectivity index is 1.99. The molecule has 110 valence electrons. The Morgan fingerprint density at radius 1 is 1.19 bits per heavy atom. The number of anilines is 1. The topological polar surface area (TPSA) is 70.6 Å². The number of amides is 2. The van der Waals surface area contributed by atoms with Gasteiger partial charge in [0, 0.05) is 11.8 Å². The first-order chi connectivity index (χ1) is 10.1. The van der Waals surface area contributed by atoms with Crippen molar-refractivity contribution in [1.29, 1.82) is 0 Å². The highest BCUT2D eigenvalue weighted by molar-refractivity contribution is 5.89. The van der Waals surface area contributed by atoms with Crippen LogP contribution in [0.25, 0.3) is 0 Å². The Hall–Kier alpha value is -2.69. The molecule has 2 rings (SSSR count). The normalized spacial score (nSPS) is 11.5. The van der Waals surface area contributed by atoms with Crippen LogP contribution in [0.15, 0.2) is 48.5 Å². The van der Waals surface area contributed by atoms with Crippen molar-refractivity contribution >= 4 is 11.7 Å². The van der Waals surface area contributed by atoms with Gasteiger partial charge >= 0.3 is 6.03 Å². The summed E-state index contributed by atoms with van der Waals surface area (Å²) in [5, 5.41) is 15.1. The lowest BCUT2D eigenvalue weighted by atomic mass is 10.1. The monoisotopic (exact) mass is 286 g/mol. The van der Waals surface area contributed by atoms with Gasteiger partial charge in [0.05, 0.1) is 13.2 Å². The highest BCUT2D eigenvalue weighted by atomic mass is 16.5. The number of carbonyl (C=O) groups is 1. The average molecular weight is 286 g/mol.